The van der Waals surface area contributed by atoms with Gasteiger partial charge in [0.1, 0.15) is 0 Å². The highest BCUT2D eigenvalue weighted by Gasteiger charge is 2.51. The second-order valence-corrected chi connectivity index (χ2v) is 5.79. The minimum absolute atomic E-state index is 0.0367. The number of hydrogen-bond donors (Lipinski definition) is 1. The predicted octanol–water partition coefficient (Wildman–Crippen LogP) is 2.84. The Balaban J connectivity index is 2.00. The summed E-state index contributed by atoms with van der Waals surface area (Å²) < 4.78 is 11.7. The van der Waals surface area contributed by atoms with E-state index in [2.05, 4.69) is 19.2 Å². The van der Waals surface area contributed by atoms with E-state index >= 15 is 0 Å². The summed E-state index contributed by atoms with van der Waals surface area (Å²) in [5.74, 6) is -0.459. The van der Waals surface area contributed by atoms with E-state index < -0.39 is 5.79 Å². The van der Waals surface area contributed by atoms with Crippen molar-refractivity contribution in [2.24, 2.45) is 0 Å². The predicted molar refractivity (Wildman–Crippen MR) is 69.0 cm³/mol. The standard InChI is InChI=1S/C14H27NO2/c1-4-16-14(3)13(2,10-11-17-14)15-12-8-6-5-7-9-12/h12,15H,4-11H2,1-3H3/t13-,14-/m0/s1. The van der Waals surface area contributed by atoms with Gasteiger partial charge in [0.05, 0.1) is 12.1 Å². The van der Waals surface area contributed by atoms with Gasteiger partial charge in [0, 0.05) is 12.6 Å². The summed E-state index contributed by atoms with van der Waals surface area (Å²) in [7, 11) is 0. The minimum Gasteiger partial charge on any atom is -0.349 e. The molecule has 2 rings (SSSR count). The van der Waals surface area contributed by atoms with Crippen LogP contribution in [0.5, 0.6) is 0 Å². The molecule has 2 aliphatic rings. The topological polar surface area (TPSA) is 30.5 Å². The molecule has 0 aromatic rings. The molecule has 1 saturated carbocycles. The van der Waals surface area contributed by atoms with Crippen molar-refractivity contribution in [3.05, 3.63) is 0 Å². The molecule has 2 fully saturated rings. The maximum Gasteiger partial charge on any atom is 0.183 e. The molecule has 0 unspecified atom stereocenters. The molecule has 0 amide bonds. The fourth-order valence-electron chi connectivity index (χ4n) is 3.21. The molecule has 1 heterocycles. The third-order valence-electron chi connectivity index (χ3n) is 4.53. The van der Waals surface area contributed by atoms with Crippen molar-refractivity contribution in [2.75, 3.05) is 13.2 Å². The summed E-state index contributed by atoms with van der Waals surface area (Å²) in [5.41, 5.74) is -0.0367. The summed E-state index contributed by atoms with van der Waals surface area (Å²) in [6.45, 7) is 7.88. The van der Waals surface area contributed by atoms with Gasteiger partial charge in [0.2, 0.25) is 0 Å². The first-order chi connectivity index (χ1) is 8.10. The summed E-state index contributed by atoms with van der Waals surface area (Å²) in [5, 5.41) is 3.82. The fourth-order valence-corrected chi connectivity index (χ4v) is 3.21. The summed E-state index contributed by atoms with van der Waals surface area (Å²) >= 11 is 0. The molecule has 3 heteroatoms. The molecule has 0 spiro atoms. The normalized spacial score (nSPS) is 39.7. The molecule has 17 heavy (non-hydrogen) atoms. The van der Waals surface area contributed by atoms with Crippen LogP contribution in [0, 0.1) is 0 Å². The number of ether oxygens (including phenoxy) is 2. The van der Waals surface area contributed by atoms with Gasteiger partial charge in [-0.15, -0.1) is 0 Å². The molecule has 0 bridgehead atoms. The second kappa shape index (κ2) is 5.25. The van der Waals surface area contributed by atoms with Crippen LogP contribution in [-0.4, -0.2) is 30.6 Å². The Morgan fingerprint density at radius 3 is 2.59 bits per heavy atom. The first-order valence-electron chi connectivity index (χ1n) is 7.15. The van der Waals surface area contributed by atoms with Gasteiger partial charge in [0.15, 0.2) is 5.79 Å². The van der Waals surface area contributed by atoms with Gasteiger partial charge >= 0.3 is 0 Å². The lowest BCUT2D eigenvalue weighted by molar-refractivity contribution is -0.226. The summed E-state index contributed by atoms with van der Waals surface area (Å²) in [6, 6.07) is 0.648. The summed E-state index contributed by atoms with van der Waals surface area (Å²) in [6.07, 6.45) is 7.77. The first-order valence-corrected chi connectivity index (χ1v) is 7.15. The van der Waals surface area contributed by atoms with Crippen molar-refractivity contribution in [3.63, 3.8) is 0 Å². The van der Waals surface area contributed by atoms with E-state index in [1.165, 1.54) is 32.1 Å². The third-order valence-corrected chi connectivity index (χ3v) is 4.53. The molecule has 0 aromatic heterocycles. The van der Waals surface area contributed by atoms with Crippen LogP contribution >= 0.6 is 0 Å². The molecule has 0 radical (unpaired) electrons. The molecular formula is C14H27NO2. The van der Waals surface area contributed by atoms with E-state index in [1.54, 1.807) is 0 Å². The second-order valence-electron chi connectivity index (χ2n) is 5.79. The molecule has 3 nitrogen and oxygen atoms in total. The van der Waals surface area contributed by atoms with Crippen molar-refractivity contribution in [3.8, 4) is 0 Å². The molecular weight excluding hydrogens is 214 g/mol. The minimum atomic E-state index is -0.459. The Morgan fingerprint density at radius 2 is 1.94 bits per heavy atom. The molecule has 1 saturated heterocycles. The number of nitrogens with one attached hydrogen (secondary N) is 1. The van der Waals surface area contributed by atoms with Crippen LogP contribution in [0.4, 0.5) is 0 Å². The highest BCUT2D eigenvalue weighted by atomic mass is 16.7. The average molecular weight is 241 g/mol. The Bertz CT molecular complexity index is 253. The van der Waals surface area contributed by atoms with Gasteiger partial charge in [-0.3, -0.25) is 0 Å². The number of rotatable bonds is 4. The van der Waals surface area contributed by atoms with Crippen molar-refractivity contribution in [1.82, 2.24) is 5.32 Å². The zero-order chi connectivity index (χ0) is 12.4. The van der Waals surface area contributed by atoms with Gasteiger partial charge in [-0.2, -0.15) is 0 Å². The molecule has 0 aromatic carbocycles. The lowest BCUT2D eigenvalue weighted by Gasteiger charge is -2.43. The van der Waals surface area contributed by atoms with Crippen LogP contribution in [0.25, 0.3) is 0 Å². The van der Waals surface area contributed by atoms with Crippen LogP contribution < -0.4 is 5.32 Å². The lowest BCUT2D eigenvalue weighted by atomic mass is 9.87. The smallest absolute Gasteiger partial charge is 0.183 e. The highest BCUT2D eigenvalue weighted by molar-refractivity contribution is 5.01. The van der Waals surface area contributed by atoms with Gasteiger partial charge in [-0.25, -0.2) is 0 Å². The molecule has 1 aliphatic carbocycles. The Labute approximate surface area is 105 Å². The van der Waals surface area contributed by atoms with E-state index in [1.807, 2.05) is 6.92 Å². The van der Waals surface area contributed by atoms with E-state index in [0.717, 1.165) is 13.0 Å². The van der Waals surface area contributed by atoms with E-state index in [-0.39, 0.29) is 5.54 Å². The van der Waals surface area contributed by atoms with Gasteiger partial charge < -0.3 is 14.8 Å². The SMILES string of the molecule is CCO[C@@]1(C)OCC[C@]1(C)NC1CCCCC1. The van der Waals surface area contributed by atoms with Crippen LogP contribution in [0.15, 0.2) is 0 Å². The maximum atomic E-state index is 5.86. The molecule has 1 aliphatic heterocycles. The summed E-state index contributed by atoms with van der Waals surface area (Å²) in [4.78, 5) is 0. The number of hydrogen-bond acceptors (Lipinski definition) is 3. The molecule has 100 valence electrons. The van der Waals surface area contributed by atoms with Gasteiger partial charge in [-0.1, -0.05) is 19.3 Å². The van der Waals surface area contributed by atoms with E-state index in [9.17, 15) is 0 Å². The Morgan fingerprint density at radius 1 is 1.24 bits per heavy atom. The van der Waals surface area contributed by atoms with Crippen LogP contribution in [0.1, 0.15) is 59.3 Å². The fraction of sp³-hybridized carbons (Fsp3) is 1.00. The van der Waals surface area contributed by atoms with Gasteiger partial charge in [-0.05, 0) is 40.0 Å². The maximum absolute atomic E-state index is 5.86. The zero-order valence-corrected chi connectivity index (χ0v) is 11.6. The van der Waals surface area contributed by atoms with Crippen LogP contribution in [0.3, 0.4) is 0 Å². The monoisotopic (exact) mass is 241 g/mol. The van der Waals surface area contributed by atoms with Gasteiger partial charge in [0.25, 0.3) is 0 Å². The Hall–Kier alpha value is -0.120. The van der Waals surface area contributed by atoms with Crippen molar-refractivity contribution in [1.29, 1.82) is 0 Å². The third kappa shape index (κ3) is 2.67. The average Bonchev–Trinajstić information content (AvgIpc) is 2.57. The zero-order valence-electron chi connectivity index (χ0n) is 11.6. The highest BCUT2D eigenvalue weighted by Crippen LogP contribution is 2.38. The van der Waals surface area contributed by atoms with E-state index in [0.29, 0.717) is 12.6 Å². The van der Waals surface area contributed by atoms with Crippen LogP contribution in [-0.2, 0) is 9.47 Å². The quantitative estimate of drug-likeness (QED) is 0.821. The van der Waals surface area contributed by atoms with Crippen molar-refractivity contribution < 1.29 is 9.47 Å². The lowest BCUT2D eigenvalue weighted by Crippen LogP contribution is -2.61. The van der Waals surface area contributed by atoms with Crippen molar-refractivity contribution >= 4 is 0 Å². The molecule has 2 atom stereocenters. The Kier molecular flexibility index (Phi) is 4.11. The van der Waals surface area contributed by atoms with Crippen LogP contribution in [0.2, 0.25) is 0 Å². The molecule has 1 N–H and O–H groups in total. The first kappa shape index (κ1) is 13.3. The van der Waals surface area contributed by atoms with Crippen molar-refractivity contribution in [2.45, 2.75) is 76.7 Å². The largest absolute Gasteiger partial charge is 0.349 e. The van der Waals surface area contributed by atoms with E-state index in [4.69, 9.17) is 9.47 Å².